The van der Waals surface area contributed by atoms with Gasteiger partial charge in [0.05, 0.1) is 6.26 Å². The number of rotatable bonds is 5. The van der Waals surface area contributed by atoms with Gasteiger partial charge in [-0.05, 0) is 144 Å². The first-order chi connectivity index (χ1) is 23.2. The van der Waals surface area contributed by atoms with E-state index < -0.39 is 15.4 Å². The van der Waals surface area contributed by atoms with Crippen molar-refractivity contribution in [1.82, 2.24) is 0 Å². The zero-order valence-corrected chi connectivity index (χ0v) is 33.9. The lowest BCUT2D eigenvalue weighted by Crippen LogP contribution is -2.90. The maximum Gasteiger partial charge on any atom is 0.307 e. The Hall–Kier alpha value is -3.93. The fraction of sp³-hybridized carbons (Fsp3) is 0.304. The van der Waals surface area contributed by atoms with E-state index in [1.54, 1.807) is 10.4 Å². The molecule has 49 heavy (non-hydrogen) atoms. The average Bonchev–Trinajstić information content (AvgIpc) is 3.14. The first-order valence-corrected chi connectivity index (χ1v) is 22.9. The molecule has 0 bridgehead atoms. The zero-order chi connectivity index (χ0) is 35.4. The molecule has 0 fully saturated rings. The Morgan fingerprint density at radius 3 is 1.12 bits per heavy atom. The molecule has 1 heterocycles. The van der Waals surface area contributed by atoms with Crippen molar-refractivity contribution in [3.63, 3.8) is 0 Å². The van der Waals surface area contributed by atoms with Crippen LogP contribution in [0.5, 0.6) is 0 Å². The van der Waals surface area contributed by atoms with Crippen LogP contribution in [0.1, 0.15) is 84.3 Å². The summed E-state index contributed by atoms with van der Waals surface area (Å²) in [4.78, 5) is 0. The van der Waals surface area contributed by atoms with Gasteiger partial charge in [0.1, 0.15) is 0 Å². The van der Waals surface area contributed by atoms with Crippen molar-refractivity contribution in [2.24, 2.45) is 0 Å². The van der Waals surface area contributed by atoms with Crippen LogP contribution in [0.3, 0.4) is 0 Å². The lowest BCUT2D eigenvalue weighted by atomic mass is 10.1. The lowest BCUT2D eigenvalue weighted by molar-refractivity contribution is 0.500. The summed E-state index contributed by atoms with van der Waals surface area (Å²) in [7, 11) is -6.47. The summed E-state index contributed by atoms with van der Waals surface area (Å²) in [5, 5.41) is 6.06. The summed E-state index contributed by atoms with van der Waals surface area (Å²) in [6.45, 7) is 28.0. The van der Waals surface area contributed by atoms with Gasteiger partial charge in [0, 0.05) is 0 Å². The summed E-state index contributed by atoms with van der Waals surface area (Å²) in [5.74, 6) is 0. The van der Waals surface area contributed by atoms with Gasteiger partial charge in [-0.1, -0.05) is 129 Å². The second-order valence-electron chi connectivity index (χ2n) is 15.3. The summed E-state index contributed by atoms with van der Waals surface area (Å²) >= 11 is 0. The van der Waals surface area contributed by atoms with Crippen LogP contribution in [-0.4, -0.2) is 15.4 Å². The van der Waals surface area contributed by atoms with Crippen molar-refractivity contribution >= 4 is 36.2 Å². The Labute approximate surface area is 298 Å². The van der Waals surface area contributed by atoms with Crippen LogP contribution in [0.2, 0.25) is 0 Å². The second kappa shape index (κ2) is 13.1. The Kier molecular flexibility index (Phi) is 9.32. The Morgan fingerprint density at radius 2 is 0.776 bits per heavy atom. The quantitative estimate of drug-likeness (QED) is 0.169. The van der Waals surface area contributed by atoms with E-state index in [1.165, 1.54) is 82.7 Å². The minimum absolute atomic E-state index is 0.236. The van der Waals surface area contributed by atoms with E-state index in [2.05, 4.69) is 174 Å². The molecular formula is C46H54OSi2. The first kappa shape index (κ1) is 34.9. The van der Waals surface area contributed by atoms with E-state index in [9.17, 15) is 0 Å². The second-order valence-corrected chi connectivity index (χ2v) is 25.7. The summed E-state index contributed by atoms with van der Waals surface area (Å²) in [5.41, 5.74) is 17.9. The van der Waals surface area contributed by atoms with Crippen molar-refractivity contribution < 1.29 is 4.43 Å². The smallest absolute Gasteiger partial charge is 0.307 e. The first-order valence-electron chi connectivity index (χ1n) is 17.9. The van der Waals surface area contributed by atoms with Gasteiger partial charge in [-0.3, -0.25) is 0 Å². The van der Waals surface area contributed by atoms with Crippen LogP contribution in [0.15, 0.2) is 91.2 Å². The molecular weight excluding hydrogens is 625 g/mol. The number of hydrogen-bond donors (Lipinski definition) is 0. The molecule has 0 saturated carbocycles. The Morgan fingerprint density at radius 1 is 0.449 bits per heavy atom. The number of aryl methyl sites for hydroxylation is 12. The van der Waals surface area contributed by atoms with Gasteiger partial charge in [-0.25, -0.2) is 0 Å². The van der Waals surface area contributed by atoms with Crippen LogP contribution in [0.25, 0.3) is 0 Å². The van der Waals surface area contributed by atoms with Crippen molar-refractivity contribution in [3.05, 3.63) is 164 Å². The van der Waals surface area contributed by atoms with E-state index >= 15 is 0 Å². The minimum atomic E-state index is -3.32. The molecule has 0 saturated heterocycles. The summed E-state index contributed by atoms with van der Waals surface area (Å²) < 4.78 is 8.04. The van der Waals surface area contributed by atoms with Gasteiger partial charge in [0.2, 0.25) is 0 Å². The highest BCUT2D eigenvalue weighted by atomic mass is 29.3. The molecule has 6 rings (SSSR count). The zero-order valence-electron chi connectivity index (χ0n) is 31.9. The number of benzene rings is 5. The molecule has 3 heteroatoms. The number of allylic oxidation sites excluding steroid dienone is 1. The highest BCUT2D eigenvalue weighted by molar-refractivity contribution is 7.58. The molecule has 0 radical (unpaired) electrons. The van der Waals surface area contributed by atoms with Crippen molar-refractivity contribution in [2.45, 2.75) is 95.0 Å². The highest BCUT2D eigenvalue weighted by Gasteiger charge is 2.70. The van der Waals surface area contributed by atoms with Crippen molar-refractivity contribution in [2.75, 3.05) is 0 Å². The van der Waals surface area contributed by atoms with Crippen LogP contribution in [-0.2, 0) is 4.43 Å². The van der Waals surface area contributed by atoms with E-state index in [-0.39, 0.29) is 5.54 Å². The Balaban J connectivity index is 2.06. The van der Waals surface area contributed by atoms with E-state index in [0.29, 0.717) is 0 Å². The third-order valence-electron chi connectivity index (χ3n) is 11.2. The molecule has 5 aromatic carbocycles. The predicted molar refractivity (Wildman–Crippen MR) is 217 cm³/mol. The van der Waals surface area contributed by atoms with Crippen LogP contribution in [0.4, 0.5) is 0 Å². The topological polar surface area (TPSA) is 9.23 Å². The summed E-state index contributed by atoms with van der Waals surface area (Å²) in [6.07, 6.45) is 5.44. The van der Waals surface area contributed by atoms with Gasteiger partial charge in [-0.2, -0.15) is 0 Å². The van der Waals surface area contributed by atoms with Gasteiger partial charge in [0.15, 0.2) is 7.59 Å². The molecule has 1 aliphatic heterocycles. The van der Waals surface area contributed by atoms with Crippen LogP contribution in [0, 0.1) is 83.1 Å². The standard InChI is InChI=1S/C46H54OSi2/c1-29-21-33(5)43(34(6)22-29)48(44-35(7)23-30(2)24-36(44)8)42(41-17-14-13-15-18-41)19-16-20-47-49(48,45-37(9)25-31(3)26-38(45)10)46-39(11)27-32(4)28-40(46)12/h13-18,20-28,42H,19H2,1-12H3. The normalized spacial score (nSPS) is 16.7. The van der Waals surface area contributed by atoms with Crippen LogP contribution < -0.4 is 20.7 Å². The van der Waals surface area contributed by atoms with Gasteiger partial charge in [0.25, 0.3) is 0 Å². The number of hydrogen-bond acceptors (Lipinski definition) is 1. The Bertz CT molecular complexity index is 1890. The fourth-order valence-electron chi connectivity index (χ4n) is 10.5. The molecule has 1 nitrogen and oxygen atoms in total. The molecule has 1 aliphatic rings. The molecule has 252 valence electrons. The van der Waals surface area contributed by atoms with E-state index in [1.807, 2.05) is 0 Å². The summed E-state index contributed by atoms with van der Waals surface area (Å²) in [6, 6.07) is 31.0. The maximum absolute atomic E-state index is 8.04. The molecule has 0 amide bonds. The highest BCUT2D eigenvalue weighted by Crippen LogP contribution is 2.43. The molecule has 1 atom stereocenters. The SMILES string of the molecule is Cc1cc(C)c([Si]2(c3c(C)cc(C)cc3C)OC=CCC(c3ccccc3)[Si]2(c2c(C)cc(C)cc2C)c2c(C)cc(C)cc2C)c(C)c1. The molecule has 1 unspecified atom stereocenters. The maximum atomic E-state index is 8.04. The molecule has 0 N–H and O–H groups in total. The molecule has 0 spiro atoms. The molecule has 0 aromatic heterocycles. The predicted octanol–water partition coefficient (Wildman–Crippen LogP) is 9.05. The van der Waals surface area contributed by atoms with E-state index in [4.69, 9.17) is 4.43 Å². The lowest BCUT2D eigenvalue weighted by Gasteiger charge is -2.54. The largest absolute Gasteiger partial charge is 0.543 e. The van der Waals surface area contributed by atoms with Gasteiger partial charge < -0.3 is 4.43 Å². The van der Waals surface area contributed by atoms with Gasteiger partial charge >= 0.3 is 7.83 Å². The monoisotopic (exact) mass is 678 g/mol. The van der Waals surface area contributed by atoms with Crippen molar-refractivity contribution in [3.8, 4) is 0 Å². The van der Waals surface area contributed by atoms with Crippen LogP contribution >= 0.6 is 0 Å². The third kappa shape index (κ3) is 5.50. The minimum Gasteiger partial charge on any atom is -0.543 e. The van der Waals surface area contributed by atoms with Crippen molar-refractivity contribution in [1.29, 1.82) is 0 Å². The molecule has 5 aromatic rings. The molecule has 0 aliphatic carbocycles. The fourth-order valence-corrected chi connectivity index (χ4v) is 33.1. The van der Waals surface area contributed by atoms with E-state index in [0.717, 1.165) is 6.42 Å². The average molecular weight is 679 g/mol. The third-order valence-corrected chi connectivity index (χ3v) is 28.3. The van der Waals surface area contributed by atoms with Gasteiger partial charge in [-0.15, -0.1) is 0 Å².